The highest BCUT2D eigenvalue weighted by Crippen LogP contribution is 2.32. The molecule has 3 rings (SSSR count). The van der Waals surface area contributed by atoms with Crippen LogP contribution in [0.2, 0.25) is 10.0 Å². The van der Waals surface area contributed by atoms with Crippen LogP contribution in [0, 0.1) is 0 Å². The van der Waals surface area contributed by atoms with E-state index in [2.05, 4.69) is 5.32 Å². The van der Waals surface area contributed by atoms with Crippen molar-refractivity contribution in [3.8, 4) is 5.75 Å². The molecule has 1 aliphatic heterocycles. The summed E-state index contributed by atoms with van der Waals surface area (Å²) in [4.78, 5) is 26.8. The Bertz CT molecular complexity index is 840. The number of ether oxygens (including phenoxy) is 1. The van der Waals surface area contributed by atoms with Crippen molar-refractivity contribution in [3.05, 3.63) is 63.6 Å². The van der Waals surface area contributed by atoms with Gasteiger partial charge in [0.25, 0.3) is 5.91 Å². The first kappa shape index (κ1) is 19.5. The van der Waals surface area contributed by atoms with Crippen LogP contribution in [0.3, 0.4) is 0 Å². The highest BCUT2D eigenvalue weighted by atomic mass is 35.5. The van der Waals surface area contributed by atoms with Crippen molar-refractivity contribution in [1.29, 1.82) is 0 Å². The molecule has 0 bridgehead atoms. The molecule has 1 fully saturated rings. The van der Waals surface area contributed by atoms with E-state index in [4.69, 9.17) is 27.9 Å². The lowest BCUT2D eigenvalue weighted by Gasteiger charge is -2.25. The van der Waals surface area contributed by atoms with Gasteiger partial charge in [-0.3, -0.25) is 9.59 Å². The third-order valence-corrected chi connectivity index (χ3v) is 5.20. The molecule has 0 spiro atoms. The molecule has 142 valence electrons. The normalized spacial score (nSPS) is 16.3. The Morgan fingerprint density at radius 2 is 1.93 bits per heavy atom. The van der Waals surface area contributed by atoms with Gasteiger partial charge >= 0.3 is 0 Å². The first-order valence-electron chi connectivity index (χ1n) is 8.66. The van der Waals surface area contributed by atoms with E-state index in [-0.39, 0.29) is 23.5 Å². The van der Waals surface area contributed by atoms with Gasteiger partial charge in [-0.25, -0.2) is 0 Å². The first-order chi connectivity index (χ1) is 13.0. The molecule has 7 heteroatoms. The van der Waals surface area contributed by atoms with Crippen molar-refractivity contribution in [2.24, 2.45) is 0 Å². The second-order valence-electron chi connectivity index (χ2n) is 6.33. The van der Waals surface area contributed by atoms with Crippen LogP contribution < -0.4 is 10.1 Å². The highest BCUT2D eigenvalue weighted by molar-refractivity contribution is 6.36. The molecule has 1 saturated heterocycles. The van der Waals surface area contributed by atoms with Crippen molar-refractivity contribution >= 4 is 35.0 Å². The van der Waals surface area contributed by atoms with Crippen molar-refractivity contribution < 1.29 is 14.3 Å². The van der Waals surface area contributed by atoms with Crippen LogP contribution in [-0.4, -0.2) is 36.9 Å². The van der Waals surface area contributed by atoms with E-state index < -0.39 is 5.91 Å². The number of likely N-dealkylation sites (tertiary alicyclic amines) is 1. The van der Waals surface area contributed by atoms with Crippen LogP contribution in [0.25, 0.3) is 0 Å². The molecule has 2 aromatic rings. The lowest BCUT2D eigenvalue weighted by Crippen LogP contribution is -2.39. The molecule has 5 nitrogen and oxygen atoms in total. The fourth-order valence-electron chi connectivity index (χ4n) is 3.26. The number of methoxy groups -OCH3 is 1. The zero-order chi connectivity index (χ0) is 19.4. The fraction of sp³-hybridized carbons (Fsp3) is 0.300. The first-order valence-corrected chi connectivity index (χ1v) is 9.42. The summed E-state index contributed by atoms with van der Waals surface area (Å²) < 4.78 is 5.18. The van der Waals surface area contributed by atoms with E-state index in [1.165, 1.54) is 6.07 Å². The van der Waals surface area contributed by atoms with Crippen LogP contribution in [0.5, 0.6) is 5.75 Å². The molecular formula is C20H20Cl2N2O3. The number of rotatable bonds is 5. The molecule has 1 heterocycles. The van der Waals surface area contributed by atoms with Gasteiger partial charge in [0.2, 0.25) is 5.91 Å². The monoisotopic (exact) mass is 406 g/mol. The van der Waals surface area contributed by atoms with E-state index >= 15 is 0 Å². The maximum Gasteiger partial charge on any atom is 0.253 e. The molecule has 0 saturated carbocycles. The van der Waals surface area contributed by atoms with Gasteiger partial charge in [-0.2, -0.15) is 0 Å². The number of nitrogens with one attached hydrogen (secondary N) is 1. The standard InChI is InChI=1S/C20H20Cl2N2O3/c1-27-15-7-4-13(5-8-15)18-3-2-10-24(18)19(25)12-23-20(26)16-9-6-14(21)11-17(16)22/h4-9,11,18H,2-3,10,12H2,1H3,(H,23,26). The maximum absolute atomic E-state index is 12.7. The molecule has 1 atom stereocenters. The molecule has 2 amide bonds. The average Bonchev–Trinajstić information content (AvgIpc) is 3.16. The smallest absolute Gasteiger partial charge is 0.253 e. The Balaban J connectivity index is 1.63. The molecule has 1 N–H and O–H groups in total. The van der Waals surface area contributed by atoms with E-state index in [1.54, 1.807) is 19.2 Å². The summed E-state index contributed by atoms with van der Waals surface area (Å²) in [6, 6.07) is 12.4. The molecule has 0 aromatic heterocycles. The molecular weight excluding hydrogens is 387 g/mol. The summed E-state index contributed by atoms with van der Waals surface area (Å²) >= 11 is 11.9. The largest absolute Gasteiger partial charge is 0.497 e. The van der Waals surface area contributed by atoms with Crippen molar-refractivity contribution in [1.82, 2.24) is 10.2 Å². The van der Waals surface area contributed by atoms with Crippen LogP contribution in [-0.2, 0) is 4.79 Å². The van der Waals surface area contributed by atoms with Crippen LogP contribution >= 0.6 is 23.2 Å². The van der Waals surface area contributed by atoms with E-state index in [0.29, 0.717) is 17.1 Å². The number of hydrogen-bond acceptors (Lipinski definition) is 3. The summed E-state index contributed by atoms with van der Waals surface area (Å²) in [5.41, 5.74) is 1.36. The van der Waals surface area contributed by atoms with Gasteiger partial charge in [0, 0.05) is 11.6 Å². The van der Waals surface area contributed by atoms with Gasteiger partial charge in [0.15, 0.2) is 0 Å². The predicted octanol–water partition coefficient (Wildman–Crippen LogP) is 4.10. The molecule has 1 aliphatic rings. The Morgan fingerprint density at radius 1 is 1.19 bits per heavy atom. The number of halogens is 2. The van der Waals surface area contributed by atoms with Gasteiger partial charge in [0.1, 0.15) is 5.75 Å². The van der Waals surface area contributed by atoms with E-state index in [0.717, 1.165) is 24.2 Å². The third kappa shape index (κ3) is 4.54. The Hall–Kier alpha value is -2.24. The minimum absolute atomic E-state index is 0.0134. The Morgan fingerprint density at radius 3 is 2.59 bits per heavy atom. The van der Waals surface area contributed by atoms with E-state index in [9.17, 15) is 9.59 Å². The van der Waals surface area contributed by atoms with E-state index in [1.807, 2.05) is 29.2 Å². The fourth-order valence-corrected chi connectivity index (χ4v) is 3.76. The van der Waals surface area contributed by atoms with Crippen LogP contribution in [0.4, 0.5) is 0 Å². The number of nitrogens with zero attached hydrogens (tertiary/aromatic N) is 1. The molecule has 0 aliphatic carbocycles. The number of amides is 2. The van der Waals surface area contributed by atoms with Gasteiger partial charge in [-0.1, -0.05) is 35.3 Å². The topological polar surface area (TPSA) is 58.6 Å². The molecule has 27 heavy (non-hydrogen) atoms. The number of benzene rings is 2. The molecule has 1 unspecified atom stereocenters. The van der Waals surface area contributed by atoms with Crippen LogP contribution in [0.1, 0.15) is 34.8 Å². The summed E-state index contributed by atoms with van der Waals surface area (Å²) in [5.74, 6) is 0.263. The predicted molar refractivity (Wildman–Crippen MR) is 105 cm³/mol. The maximum atomic E-state index is 12.7. The highest BCUT2D eigenvalue weighted by Gasteiger charge is 2.30. The molecule has 2 aromatic carbocycles. The summed E-state index contributed by atoms with van der Waals surface area (Å²) in [7, 11) is 1.62. The number of carbonyl (C=O) groups excluding carboxylic acids is 2. The SMILES string of the molecule is COc1ccc(C2CCCN2C(=O)CNC(=O)c2ccc(Cl)cc2Cl)cc1. The van der Waals surface area contributed by atoms with Crippen molar-refractivity contribution in [2.45, 2.75) is 18.9 Å². The van der Waals surface area contributed by atoms with Gasteiger partial charge in [0.05, 0.1) is 30.3 Å². The van der Waals surface area contributed by atoms with Gasteiger partial charge in [-0.15, -0.1) is 0 Å². The number of hydrogen-bond donors (Lipinski definition) is 1. The van der Waals surface area contributed by atoms with Gasteiger partial charge < -0.3 is 15.0 Å². The lowest BCUT2D eigenvalue weighted by atomic mass is 10.0. The molecule has 0 radical (unpaired) electrons. The third-order valence-electron chi connectivity index (χ3n) is 4.65. The summed E-state index contributed by atoms with van der Waals surface area (Å²) in [5, 5.41) is 3.35. The second-order valence-corrected chi connectivity index (χ2v) is 7.17. The lowest BCUT2D eigenvalue weighted by molar-refractivity contribution is -0.131. The second kappa shape index (κ2) is 8.63. The quantitative estimate of drug-likeness (QED) is 0.812. The van der Waals surface area contributed by atoms with Crippen molar-refractivity contribution in [3.63, 3.8) is 0 Å². The Kier molecular flexibility index (Phi) is 6.24. The zero-order valence-electron chi connectivity index (χ0n) is 14.9. The van der Waals surface area contributed by atoms with Crippen molar-refractivity contribution in [2.75, 3.05) is 20.2 Å². The summed E-state index contributed by atoms with van der Waals surface area (Å²) in [6.45, 7) is 0.595. The Labute approximate surface area is 168 Å². The summed E-state index contributed by atoms with van der Waals surface area (Å²) in [6.07, 6.45) is 1.83. The average molecular weight is 407 g/mol. The minimum atomic E-state index is -0.398. The zero-order valence-corrected chi connectivity index (χ0v) is 16.4. The van der Waals surface area contributed by atoms with Gasteiger partial charge in [-0.05, 0) is 48.7 Å². The minimum Gasteiger partial charge on any atom is -0.497 e. The van der Waals surface area contributed by atoms with Crippen LogP contribution in [0.15, 0.2) is 42.5 Å². The number of carbonyl (C=O) groups is 2.